The lowest BCUT2D eigenvalue weighted by Crippen LogP contribution is -2.47. The second kappa shape index (κ2) is 5.12. The van der Waals surface area contributed by atoms with E-state index in [1.807, 2.05) is 68.4 Å². The number of Topliss-reactive ketones (excluding diaryl/α,β-unsaturated/α-hetero) is 1. The lowest BCUT2D eigenvalue weighted by molar-refractivity contribution is 0.0855. The summed E-state index contributed by atoms with van der Waals surface area (Å²) in [5, 5.41) is 4.30. The molecular weight excluding hydrogens is 242 g/mol. The van der Waals surface area contributed by atoms with Crippen molar-refractivity contribution in [2.45, 2.75) is 11.8 Å². The third kappa shape index (κ3) is 2.16. The Morgan fingerprint density at radius 2 is 1.67 bits per heavy atom. The third-order valence-electron chi connectivity index (χ3n) is 3.44. The van der Waals surface area contributed by atoms with E-state index in [2.05, 4.69) is 10.8 Å². The Bertz CT molecular complexity index is 480. The van der Waals surface area contributed by atoms with Gasteiger partial charge in [-0.25, -0.2) is 0 Å². The van der Waals surface area contributed by atoms with Gasteiger partial charge in [-0.2, -0.15) is 10.9 Å². The van der Waals surface area contributed by atoms with E-state index < -0.39 is 15.8 Å². The highest BCUT2D eigenvalue weighted by molar-refractivity contribution is 8.24. The summed E-state index contributed by atoms with van der Waals surface area (Å²) in [6.07, 6.45) is 4.07. The summed E-state index contributed by atoms with van der Waals surface area (Å²) < 4.78 is 0. The van der Waals surface area contributed by atoms with Gasteiger partial charge in [0.2, 0.25) is 0 Å². The fourth-order valence-electron chi connectivity index (χ4n) is 2.04. The van der Waals surface area contributed by atoms with Gasteiger partial charge in [0.15, 0.2) is 5.78 Å². The highest BCUT2D eigenvalue weighted by Gasteiger charge is 2.40. The Hall–Kier alpha value is -1.32. The van der Waals surface area contributed by atoms with Crippen LogP contribution in [-0.2, 0) is 0 Å². The second-order valence-corrected chi connectivity index (χ2v) is 6.98. The van der Waals surface area contributed by atoms with Crippen LogP contribution in [-0.4, -0.2) is 29.6 Å². The summed E-state index contributed by atoms with van der Waals surface area (Å²) in [7, 11) is 3.37. The van der Waals surface area contributed by atoms with Crippen molar-refractivity contribution < 1.29 is 4.79 Å². The van der Waals surface area contributed by atoms with Gasteiger partial charge in [-0.1, -0.05) is 42.5 Å². The molecule has 0 spiro atoms. The number of nitrogens with zero attached hydrogens (tertiary/aromatic N) is 1. The summed E-state index contributed by atoms with van der Waals surface area (Å²) in [6.45, 7) is 2.04. The van der Waals surface area contributed by atoms with Gasteiger partial charge in [-0.3, -0.25) is 9.69 Å². The van der Waals surface area contributed by atoms with Crippen LogP contribution in [0.2, 0.25) is 0 Å². The van der Waals surface area contributed by atoms with Gasteiger partial charge in [0.05, 0.1) is 0 Å². The summed E-state index contributed by atoms with van der Waals surface area (Å²) in [6, 6.07) is 9.55. The molecule has 0 aromatic heterocycles. The molecule has 0 N–H and O–H groups in total. The molecule has 0 saturated heterocycles. The first-order valence-corrected chi connectivity index (χ1v) is 7.45. The van der Waals surface area contributed by atoms with E-state index in [0.29, 0.717) is 0 Å². The van der Waals surface area contributed by atoms with Crippen molar-refractivity contribution in [1.29, 1.82) is 0 Å². The predicted molar refractivity (Wildman–Crippen MR) is 80.1 cm³/mol. The monoisotopic (exact) mass is 261 g/mol. The Kier molecular flexibility index (Phi) is 3.73. The van der Waals surface area contributed by atoms with E-state index in [-0.39, 0.29) is 5.78 Å². The Labute approximate surface area is 111 Å². The van der Waals surface area contributed by atoms with Gasteiger partial charge in [0, 0.05) is 5.56 Å². The van der Waals surface area contributed by atoms with Crippen molar-refractivity contribution in [3.63, 3.8) is 0 Å². The van der Waals surface area contributed by atoms with E-state index in [0.717, 1.165) is 5.56 Å². The molecule has 3 heteroatoms. The molecule has 2 nitrogen and oxygen atoms in total. The molecule has 0 fully saturated rings. The van der Waals surface area contributed by atoms with Gasteiger partial charge < -0.3 is 0 Å². The highest BCUT2D eigenvalue weighted by Crippen LogP contribution is 2.48. The zero-order valence-electron chi connectivity index (χ0n) is 11.0. The number of carbonyl (C=O) groups excluding carboxylic acids is 1. The number of ketones is 1. The number of thiol groups is 1. The zero-order valence-corrected chi connectivity index (χ0v) is 11.9. The summed E-state index contributed by atoms with van der Waals surface area (Å²) in [4.78, 5) is 14.4. The average molecular weight is 261 g/mol. The van der Waals surface area contributed by atoms with Crippen LogP contribution in [0.1, 0.15) is 17.3 Å². The first kappa shape index (κ1) is 13.1. The number of rotatable bonds is 4. The Balaban J connectivity index is 2.39. The molecule has 1 unspecified atom stereocenters. The SMILES string of the molecule is CN(C)C(C)(C(=O)c1ccccc1)[SH]1C=CC=C1. The number of hydrogen-bond acceptors (Lipinski definition) is 2. The fraction of sp³-hybridized carbons (Fsp3) is 0.267. The fourth-order valence-corrected chi connectivity index (χ4v) is 4.11. The second-order valence-electron chi connectivity index (χ2n) is 4.70. The zero-order chi connectivity index (χ0) is 13.2. The van der Waals surface area contributed by atoms with Crippen LogP contribution in [0, 0.1) is 0 Å². The van der Waals surface area contributed by atoms with E-state index in [1.165, 1.54) is 0 Å². The standard InChI is InChI=1S/C15H19NOS/c1-15(16(2)3,18-11-7-8-12-18)14(17)13-9-5-4-6-10-13/h4-12,18H,1-3H3. The molecule has 0 aliphatic carbocycles. The van der Waals surface area contributed by atoms with E-state index in [1.54, 1.807) is 0 Å². The van der Waals surface area contributed by atoms with E-state index >= 15 is 0 Å². The predicted octanol–water partition coefficient (Wildman–Crippen LogP) is 3.19. The maximum Gasteiger partial charge on any atom is 0.191 e. The van der Waals surface area contributed by atoms with Crippen LogP contribution in [0.15, 0.2) is 53.3 Å². The average Bonchev–Trinajstić information content (AvgIpc) is 2.92. The number of carbonyl (C=O) groups is 1. The number of benzene rings is 1. The van der Waals surface area contributed by atoms with Crippen LogP contribution < -0.4 is 0 Å². The molecule has 18 heavy (non-hydrogen) atoms. The highest BCUT2D eigenvalue weighted by atomic mass is 32.2. The minimum atomic E-state index is -0.578. The molecule has 0 bridgehead atoms. The Morgan fingerprint density at radius 1 is 1.11 bits per heavy atom. The van der Waals surface area contributed by atoms with Crippen molar-refractivity contribution in [3.05, 3.63) is 58.9 Å². The number of allylic oxidation sites excluding steroid dienone is 2. The van der Waals surface area contributed by atoms with Crippen molar-refractivity contribution in [2.75, 3.05) is 14.1 Å². The molecule has 0 amide bonds. The smallest absolute Gasteiger partial charge is 0.191 e. The summed E-state index contributed by atoms with van der Waals surface area (Å²) >= 11 is 0. The number of hydrogen-bond donors (Lipinski definition) is 1. The normalized spacial score (nSPS) is 19.2. The minimum absolute atomic E-state index is 0.190. The number of likely N-dealkylation sites (N-methyl/N-ethyl adjacent to an activating group) is 1. The maximum atomic E-state index is 12.8. The molecule has 0 saturated carbocycles. The molecule has 2 rings (SSSR count). The van der Waals surface area contributed by atoms with Crippen LogP contribution in [0.3, 0.4) is 0 Å². The van der Waals surface area contributed by atoms with Crippen LogP contribution >= 0.6 is 10.9 Å². The minimum Gasteiger partial charge on any atom is -0.291 e. The van der Waals surface area contributed by atoms with Gasteiger partial charge in [-0.05, 0) is 31.8 Å². The summed E-state index contributed by atoms with van der Waals surface area (Å²) in [5.41, 5.74) is 0.782. The van der Waals surface area contributed by atoms with Gasteiger partial charge in [0.1, 0.15) is 4.87 Å². The van der Waals surface area contributed by atoms with Gasteiger partial charge in [-0.15, -0.1) is 0 Å². The molecule has 1 aromatic rings. The van der Waals surface area contributed by atoms with Crippen LogP contribution in [0.25, 0.3) is 0 Å². The van der Waals surface area contributed by atoms with Crippen molar-refractivity contribution >= 4 is 16.7 Å². The first-order chi connectivity index (χ1) is 8.56. The third-order valence-corrected chi connectivity index (χ3v) is 6.04. The topological polar surface area (TPSA) is 20.3 Å². The first-order valence-electron chi connectivity index (χ1n) is 5.97. The molecule has 1 atom stereocenters. The lowest BCUT2D eigenvalue weighted by atomic mass is 10.0. The molecule has 0 radical (unpaired) electrons. The Morgan fingerprint density at radius 3 is 2.17 bits per heavy atom. The maximum absolute atomic E-state index is 12.8. The molecule has 1 aromatic carbocycles. The van der Waals surface area contributed by atoms with Crippen LogP contribution in [0.5, 0.6) is 0 Å². The van der Waals surface area contributed by atoms with E-state index in [9.17, 15) is 4.79 Å². The quantitative estimate of drug-likeness (QED) is 0.663. The molecular formula is C15H19NOS. The lowest BCUT2D eigenvalue weighted by Gasteiger charge is -2.40. The van der Waals surface area contributed by atoms with Gasteiger partial charge >= 0.3 is 0 Å². The molecule has 1 aliphatic rings. The molecule has 1 aliphatic heterocycles. The molecule has 1 heterocycles. The summed E-state index contributed by atoms with van der Waals surface area (Å²) in [5.74, 6) is 0.190. The van der Waals surface area contributed by atoms with Gasteiger partial charge in [0.25, 0.3) is 0 Å². The van der Waals surface area contributed by atoms with Crippen molar-refractivity contribution in [1.82, 2.24) is 4.90 Å². The van der Waals surface area contributed by atoms with Crippen LogP contribution in [0.4, 0.5) is 0 Å². The van der Waals surface area contributed by atoms with Crippen molar-refractivity contribution in [3.8, 4) is 0 Å². The largest absolute Gasteiger partial charge is 0.291 e. The molecule has 96 valence electrons. The van der Waals surface area contributed by atoms with E-state index in [4.69, 9.17) is 0 Å². The van der Waals surface area contributed by atoms with Crippen molar-refractivity contribution in [2.24, 2.45) is 0 Å².